The summed E-state index contributed by atoms with van der Waals surface area (Å²) in [5.74, 6) is 1.15. The molecule has 0 saturated heterocycles. The molecule has 1 N–H and O–H groups in total. The molecule has 2 heterocycles. The Hall–Kier alpha value is -3.65. The van der Waals surface area contributed by atoms with Crippen LogP contribution in [0.1, 0.15) is 21.5 Å². The van der Waals surface area contributed by atoms with Crippen molar-refractivity contribution in [2.45, 2.75) is 17.5 Å². The second kappa shape index (κ2) is 11.6. The molecule has 1 amide bonds. The smallest absolute Gasteiger partial charge is 0.251 e. The zero-order valence-corrected chi connectivity index (χ0v) is 21.8. The number of hydrogen-bond donors (Lipinski definition) is 1. The minimum Gasteiger partial charge on any atom is -0.348 e. The van der Waals surface area contributed by atoms with Gasteiger partial charge in [0.1, 0.15) is 0 Å². The van der Waals surface area contributed by atoms with E-state index in [-0.39, 0.29) is 5.91 Å². The van der Waals surface area contributed by atoms with Crippen molar-refractivity contribution in [3.05, 3.63) is 124 Å². The first-order chi connectivity index (χ1) is 18.1. The van der Waals surface area contributed by atoms with Crippen LogP contribution in [0, 0.1) is 0 Å². The SMILES string of the molecule is O=C(NCc1ccncc1)c1ccc(CSc2nnc(-c3ccccc3Cl)n2-c2cccc(Cl)c2)cc1. The molecule has 184 valence electrons. The first-order valence-electron chi connectivity index (χ1n) is 11.4. The van der Waals surface area contributed by atoms with E-state index in [1.807, 2.05) is 89.5 Å². The Balaban J connectivity index is 1.33. The van der Waals surface area contributed by atoms with Gasteiger partial charge in [0.2, 0.25) is 0 Å². The molecular weight excluding hydrogens is 525 g/mol. The second-order valence-electron chi connectivity index (χ2n) is 8.13. The highest BCUT2D eigenvalue weighted by atomic mass is 35.5. The molecule has 0 aliphatic rings. The maximum atomic E-state index is 12.5. The molecule has 0 spiro atoms. The number of carbonyl (C=O) groups excluding carboxylic acids is 1. The van der Waals surface area contributed by atoms with E-state index in [1.165, 1.54) is 0 Å². The maximum absolute atomic E-state index is 12.5. The normalized spacial score (nSPS) is 10.9. The molecule has 0 aliphatic heterocycles. The van der Waals surface area contributed by atoms with Crippen LogP contribution in [0.2, 0.25) is 10.0 Å². The largest absolute Gasteiger partial charge is 0.348 e. The van der Waals surface area contributed by atoms with Gasteiger partial charge in [-0.2, -0.15) is 0 Å². The summed E-state index contributed by atoms with van der Waals surface area (Å²) >= 11 is 14.3. The summed E-state index contributed by atoms with van der Waals surface area (Å²) in [5.41, 5.74) is 4.28. The summed E-state index contributed by atoms with van der Waals surface area (Å²) in [6.07, 6.45) is 3.41. The molecule has 6 nitrogen and oxygen atoms in total. The molecule has 37 heavy (non-hydrogen) atoms. The van der Waals surface area contributed by atoms with Gasteiger partial charge < -0.3 is 5.32 Å². The van der Waals surface area contributed by atoms with Gasteiger partial charge in [-0.1, -0.05) is 65.3 Å². The number of aromatic nitrogens is 4. The first-order valence-corrected chi connectivity index (χ1v) is 13.2. The Bertz CT molecular complexity index is 1520. The van der Waals surface area contributed by atoms with Crippen LogP contribution in [0.25, 0.3) is 17.1 Å². The Labute approximate surface area is 228 Å². The summed E-state index contributed by atoms with van der Waals surface area (Å²) in [6, 6.07) is 26.4. The highest BCUT2D eigenvalue weighted by molar-refractivity contribution is 7.98. The monoisotopic (exact) mass is 545 g/mol. The quantitative estimate of drug-likeness (QED) is 0.215. The fraction of sp³-hybridized carbons (Fsp3) is 0.0714. The van der Waals surface area contributed by atoms with Crippen LogP contribution in [0.4, 0.5) is 0 Å². The van der Waals surface area contributed by atoms with Crippen molar-refractivity contribution in [2.24, 2.45) is 0 Å². The van der Waals surface area contributed by atoms with Gasteiger partial charge in [0.25, 0.3) is 5.91 Å². The van der Waals surface area contributed by atoms with Crippen LogP contribution >= 0.6 is 35.0 Å². The number of benzene rings is 3. The Morgan fingerprint density at radius 2 is 1.65 bits per heavy atom. The molecule has 0 unspecified atom stereocenters. The van der Waals surface area contributed by atoms with E-state index < -0.39 is 0 Å². The zero-order valence-electron chi connectivity index (χ0n) is 19.5. The molecule has 0 atom stereocenters. The van der Waals surface area contributed by atoms with Gasteiger partial charge in [-0.3, -0.25) is 14.3 Å². The molecule has 9 heteroatoms. The Morgan fingerprint density at radius 1 is 0.865 bits per heavy atom. The minimum absolute atomic E-state index is 0.124. The van der Waals surface area contributed by atoms with Crippen molar-refractivity contribution < 1.29 is 4.79 Å². The van der Waals surface area contributed by atoms with Crippen molar-refractivity contribution >= 4 is 40.9 Å². The maximum Gasteiger partial charge on any atom is 0.251 e. The predicted octanol–water partition coefficient (Wildman–Crippen LogP) is 6.86. The molecule has 2 aromatic heterocycles. The van der Waals surface area contributed by atoms with Gasteiger partial charge in [0.15, 0.2) is 11.0 Å². The second-order valence-corrected chi connectivity index (χ2v) is 9.91. The third-order valence-corrected chi connectivity index (χ3v) is 7.17. The van der Waals surface area contributed by atoms with Crippen molar-refractivity contribution in [1.82, 2.24) is 25.1 Å². The van der Waals surface area contributed by atoms with Gasteiger partial charge in [0, 0.05) is 40.8 Å². The fourth-order valence-corrected chi connectivity index (χ4v) is 5.03. The van der Waals surface area contributed by atoms with Crippen molar-refractivity contribution in [1.29, 1.82) is 0 Å². The summed E-state index contributed by atoms with van der Waals surface area (Å²) in [4.78, 5) is 16.5. The van der Waals surface area contributed by atoms with E-state index in [0.717, 1.165) is 22.4 Å². The van der Waals surface area contributed by atoms with Crippen LogP contribution < -0.4 is 5.32 Å². The lowest BCUT2D eigenvalue weighted by atomic mass is 10.1. The zero-order chi connectivity index (χ0) is 25.6. The molecule has 3 aromatic carbocycles. The third-order valence-electron chi connectivity index (χ3n) is 5.60. The van der Waals surface area contributed by atoms with Gasteiger partial charge in [-0.15, -0.1) is 10.2 Å². The lowest BCUT2D eigenvalue weighted by molar-refractivity contribution is 0.0951. The molecule has 0 fully saturated rings. The summed E-state index contributed by atoms with van der Waals surface area (Å²) in [7, 11) is 0. The van der Waals surface area contributed by atoms with Gasteiger partial charge in [-0.05, 0) is 65.7 Å². The van der Waals surface area contributed by atoms with E-state index in [9.17, 15) is 4.79 Å². The number of nitrogens with zero attached hydrogens (tertiary/aromatic N) is 4. The molecule has 5 aromatic rings. The van der Waals surface area contributed by atoms with Crippen molar-refractivity contribution in [3.8, 4) is 17.1 Å². The Morgan fingerprint density at radius 3 is 2.41 bits per heavy atom. The summed E-state index contributed by atoms with van der Waals surface area (Å²) in [6.45, 7) is 0.450. The fourth-order valence-electron chi connectivity index (χ4n) is 3.71. The van der Waals surface area contributed by atoms with Crippen LogP contribution in [0.15, 0.2) is 102 Å². The van der Waals surface area contributed by atoms with E-state index in [1.54, 1.807) is 24.2 Å². The van der Waals surface area contributed by atoms with Crippen LogP contribution in [-0.2, 0) is 12.3 Å². The number of halogens is 2. The molecular formula is C28H21Cl2N5OS. The number of rotatable bonds is 8. The molecule has 0 aliphatic carbocycles. The van der Waals surface area contributed by atoms with Crippen LogP contribution in [0.3, 0.4) is 0 Å². The highest BCUT2D eigenvalue weighted by Crippen LogP contribution is 2.33. The number of thioether (sulfide) groups is 1. The average molecular weight is 546 g/mol. The molecule has 0 bridgehead atoms. The van der Waals surface area contributed by atoms with Crippen molar-refractivity contribution in [3.63, 3.8) is 0 Å². The topological polar surface area (TPSA) is 72.7 Å². The predicted molar refractivity (Wildman–Crippen MR) is 148 cm³/mol. The molecule has 5 rings (SSSR count). The lowest BCUT2D eigenvalue weighted by Crippen LogP contribution is -2.22. The number of carbonyl (C=O) groups is 1. The molecule has 0 saturated carbocycles. The summed E-state index contributed by atoms with van der Waals surface area (Å²) < 4.78 is 1.96. The third kappa shape index (κ3) is 6.02. The summed E-state index contributed by atoms with van der Waals surface area (Å²) in [5, 5.41) is 13.8. The van der Waals surface area contributed by atoms with Gasteiger partial charge in [-0.25, -0.2) is 0 Å². The van der Waals surface area contributed by atoms with E-state index >= 15 is 0 Å². The van der Waals surface area contributed by atoms with Crippen LogP contribution in [0.5, 0.6) is 0 Å². The van der Waals surface area contributed by atoms with Gasteiger partial charge in [0.05, 0.1) is 10.7 Å². The lowest BCUT2D eigenvalue weighted by Gasteiger charge is -2.12. The molecule has 0 radical (unpaired) electrons. The highest BCUT2D eigenvalue weighted by Gasteiger charge is 2.18. The van der Waals surface area contributed by atoms with Crippen LogP contribution in [-0.4, -0.2) is 25.7 Å². The minimum atomic E-state index is -0.124. The standard InChI is InChI=1S/C28H21Cl2N5OS/c29-22-4-3-5-23(16-22)35-26(24-6-1-2-7-25(24)30)33-34-28(35)37-18-20-8-10-21(11-9-20)27(36)32-17-19-12-14-31-15-13-19/h1-16H,17-18H2,(H,32,36). The Kier molecular flexibility index (Phi) is 7.84. The number of amides is 1. The van der Waals surface area contributed by atoms with E-state index in [2.05, 4.69) is 20.5 Å². The van der Waals surface area contributed by atoms with E-state index in [4.69, 9.17) is 23.2 Å². The first kappa shape index (κ1) is 25.0. The van der Waals surface area contributed by atoms with E-state index in [0.29, 0.717) is 38.9 Å². The van der Waals surface area contributed by atoms with Gasteiger partial charge >= 0.3 is 0 Å². The number of hydrogen-bond acceptors (Lipinski definition) is 5. The number of nitrogens with one attached hydrogen (secondary N) is 1. The average Bonchev–Trinajstić information content (AvgIpc) is 3.35. The van der Waals surface area contributed by atoms with Crippen molar-refractivity contribution in [2.75, 3.05) is 0 Å². The number of pyridine rings is 1.